The van der Waals surface area contributed by atoms with E-state index in [-0.39, 0.29) is 6.61 Å². The Morgan fingerprint density at radius 3 is 2.17 bits per heavy atom. The van der Waals surface area contributed by atoms with Gasteiger partial charge >= 0.3 is 12.1 Å². The molecule has 0 radical (unpaired) electrons. The van der Waals surface area contributed by atoms with E-state index in [2.05, 4.69) is 6.92 Å². The van der Waals surface area contributed by atoms with Crippen LogP contribution in [0.1, 0.15) is 74.2 Å². The summed E-state index contributed by atoms with van der Waals surface area (Å²) in [5, 5.41) is 0. The van der Waals surface area contributed by atoms with Gasteiger partial charge in [0.05, 0.1) is 17.7 Å². The second kappa shape index (κ2) is 10.3. The van der Waals surface area contributed by atoms with E-state index in [1.807, 2.05) is 0 Å². The molecule has 2 nitrogen and oxygen atoms in total. The fraction of sp³-hybridized carbons (Fsp3) is 0.611. The highest BCUT2D eigenvalue weighted by atomic mass is 19.4. The largest absolute Gasteiger partial charge is 0.462 e. The van der Waals surface area contributed by atoms with E-state index < -0.39 is 29.1 Å². The highest BCUT2D eigenvalue weighted by molar-refractivity contribution is 5.89. The first-order valence-corrected chi connectivity index (χ1v) is 8.40. The van der Waals surface area contributed by atoms with Crippen molar-refractivity contribution in [2.75, 3.05) is 6.61 Å². The second-order valence-corrected chi connectivity index (χ2v) is 5.80. The minimum atomic E-state index is -4.62. The van der Waals surface area contributed by atoms with Crippen molar-refractivity contribution in [3.05, 3.63) is 35.1 Å². The zero-order valence-electron chi connectivity index (χ0n) is 13.9. The number of unbranched alkanes of at least 4 members (excludes halogenated alkanes) is 7. The molecule has 24 heavy (non-hydrogen) atoms. The van der Waals surface area contributed by atoms with Gasteiger partial charge < -0.3 is 4.74 Å². The molecule has 1 aromatic carbocycles. The van der Waals surface area contributed by atoms with Gasteiger partial charge in [-0.1, -0.05) is 51.9 Å². The molecule has 0 unspecified atom stereocenters. The number of carbonyl (C=O) groups is 1. The Labute approximate surface area is 140 Å². The van der Waals surface area contributed by atoms with Crippen molar-refractivity contribution in [3.63, 3.8) is 0 Å². The molecule has 0 saturated heterocycles. The molecule has 0 saturated carbocycles. The van der Waals surface area contributed by atoms with Crippen LogP contribution in [0.3, 0.4) is 0 Å². The molecule has 0 bridgehead atoms. The average molecular weight is 348 g/mol. The van der Waals surface area contributed by atoms with Crippen LogP contribution < -0.4 is 0 Å². The maximum absolute atomic E-state index is 13.5. The molecule has 0 N–H and O–H groups in total. The molecule has 1 rings (SSSR count). The summed E-state index contributed by atoms with van der Waals surface area (Å²) in [7, 11) is 0. The third-order valence-electron chi connectivity index (χ3n) is 3.74. The number of alkyl halides is 3. The molecule has 0 amide bonds. The van der Waals surface area contributed by atoms with Crippen LogP contribution in [-0.2, 0) is 10.9 Å². The predicted octanol–water partition coefficient (Wildman–Crippen LogP) is 6.14. The fourth-order valence-corrected chi connectivity index (χ4v) is 2.34. The van der Waals surface area contributed by atoms with Crippen molar-refractivity contribution in [1.29, 1.82) is 0 Å². The minimum Gasteiger partial charge on any atom is -0.462 e. The Kier molecular flexibility index (Phi) is 8.79. The SMILES string of the molecule is CCCCCCCCCCOC(=O)c1cc(C(F)(F)F)ccc1F. The lowest BCUT2D eigenvalue weighted by Gasteiger charge is -2.10. The Morgan fingerprint density at radius 1 is 1.00 bits per heavy atom. The molecule has 0 fully saturated rings. The summed E-state index contributed by atoms with van der Waals surface area (Å²) in [4.78, 5) is 11.7. The van der Waals surface area contributed by atoms with Crippen molar-refractivity contribution in [3.8, 4) is 0 Å². The Bertz CT molecular complexity index is 512. The van der Waals surface area contributed by atoms with Gasteiger partial charge in [0.25, 0.3) is 0 Å². The average Bonchev–Trinajstić information content (AvgIpc) is 2.52. The van der Waals surface area contributed by atoms with E-state index in [0.717, 1.165) is 19.3 Å². The van der Waals surface area contributed by atoms with Crippen LogP contribution in [-0.4, -0.2) is 12.6 Å². The van der Waals surface area contributed by atoms with E-state index in [0.29, 0.717) is 24.6 Å². The number of halogens is 4. The number of rotatable bonds is 10. The van der Waals surface area contributed by atoms with Gasteiger partial charge in [0, 0.05) is 0 Å². The number of carbonyl (C=O) groups excluding carboxylic acids is 1. The molecule has 0 spiro atoms. The van der Waals surface area contributed by atoms with Crippen LogP contribution >= 0.6 is 0 Å². The van der Waals surface area contributed by atoms with E-state index >= 15 is 0 Å². The lowest BCUT2D eigenvalue weighted by atomic mass is 10.1. The Hall–Kier alpha value is -1.59. The number of benzene rings is 1. The second-order valence-electron chi connectivity index (χ2n) is 5.80. The third kappa shape index (κ3) is 7.32. The Balaban J connectivity index is 2.33. The summed E-state index contributed by atoms with van der Waals surface area (Å²) in [6, 6.07) is 1.73. The summed E-state index contributed by atoms with van der Waals surface area (Å²) in [6.07, 6.45) is 3.87. The number of hydrogen-bond acceptors (Lipinski definition) is 2. The molecule has 6 heteroatoms. The number of esters is 1. The van der Waals surface area contributed by atoms with E-state index in [1.54, 1.807) is 0 Å². The van der Waals surface area contributed by atoms with Crippen molar-refractivity contribution in [2.45, 2.75) is 64.5 Å². The molecule has 0 atom stereocenters. The maximum Gasteiger partial charge on any atom is 0.416 e. The molecule has 136 valence electrons. The molecule has 0 aliphatic rings. The molecule has 0 aliphatic heterocycles. The lowest BCUT2D eigenvalue weighted by Crippen LogP contribution is -2.12. The highest BCUT2D eigenvalue weighted by Gasteiger charge is 2.32. The van der Waals surface area contributed by atoms with E-state index in [4.69, 9.17) is 4.74 Å². The quantitative estimate of drug-likeness (QED) is 0.288. The van der Waals surface area contributed by atoms with Crippen molar-refractivity contribution < 1.29 is 27.1 Å². The first kappa shape index (κ1) is 20.5. The molecule has 1 aromatic rings. The fourth-order valence-electron chi connectivity index (χ4n) is 2.34. The zero-order valence-corrected chi connectivity index (χ0v) is 13.9. The van der Waals surface area contributed by atoms with E-state index in [9.17, 15) is 22.4 Å². The van der Waals surface area contributed by atoms with Crippen LogP contribution in [0.2, 0.25) is 0 Å². The molecule has 0 aromatic heterocycles. The predicted molar refractivity (Wildman–Crippen MR) is 84.3 cm³/mol. The van der Waals surface area contributed by atoms with Gasteiger partial charge in [-0.2, -0.15) is 13.2 Å². The molecular formula is C18H24F4O2. The smallest absolute Gasteiger partial charge is 0.416 e. The van der Waals surface area contributed by atoms with Crippen LogP contribution in [0.4, 0.5) is 17.6 Å². The van der Waals surface area contributed by atoms with Gasteiger partial charge in [0.15, 0.2) is 0 Å². The molecule has 0 heterocycles. The lowest BCUT2D eigenvalue weighted by molar-refractivity contribution is -0.137. The minimum absolute atomic E-state index is 0.0868. The Morgan fingerprint density at radius 2 is 1.58 bits per heavy atom. The van der Waals surface area contributed by atoms with Crippen molar-refractivity contribution in [1.82, 2.24) is 0 Å². The van der Waals surface area contributed by atoms with Crippen molar-refractivity contribution in [2.24, 2.45) is 0 Å². The van der Waals surface area contributed by atoms with Crippen LogP contribution in [0.25, 0.3) is 0 Å². The number of ether oxygens (including phenoxy) is 1. The summed E-state index contributed by atoms with van der Waals surface area (Å²) in [5.74, 6) is -2.06. The zero-order chi connectivity index (χ0) is 18.0. The third-order valence-corrected chi connectivity index (χ3v) is 3.74. The summed E-state index contributed by atoms with van der Waals surface area (Å²) < 4.78 is 56.2. The monoisotopic (exact) mass is 348 g/mol. The first-order valence-electron chi connectivity index (χ1n) is 8.40. The number of hydrogen-bond donors (Lipinski definition) is 0. The van der Waals surface area contributed by atoms with Gasteiger partial charge in [-0.05, 0) is 24.6 Å². The van der Waals surface area contributed by atoms with Crippen LogP contribution in [0.5, 0.6) is 0 Å². The topological polar surface area (TPSA) is 26.3 Å². The van der Waals surface area contributed by atoms with Gasteiger partial charge in [-0.3, -0.25) is 0 Å². The summed E-state index contributed by atoms with van der Waals surface area (Å²) >= 11 is 0. The van der Waals surface area contributed by atoms with Crippen molar-refractivity contribution >= 4 is 5.97 Å². The molecule has 0 aliphatic carbocycles. The van der Waals surface area contributed by atoms with Crippen LogP contribution in [0.15, 0.2) is 18.2 Å². The van der Waals surface area contributed by atoms with Gasteiger partial charge in [-0.25, -0.2) is 9.18 Å². The highest BCUT2D eigenvalue weighted by Crippen LogP contribution is 2.30. The van der Waals surface area contributed by atoms with Gasteiger partial charge in [-0.15, -0.1) is 0 Å². The standard InChI is InChI=1S/C18H24F4O2/c1-2-3-4-5-6-7-8-9-12-24-17(23)15-13-14(18(20,21)22)10-11-16(15)19/h10-11,13H,2-9,12H2,1H3. The summed E-state index contributed by atoms with van der Waals surface area (Å²) in [5.41, 5.74) is -1.74. The van der Waals surface area contributed by atoms with Gasteiger partial charge in [0.2, 0.25) is 0 Å². The maximum atomic E-state index is 13.5. The van der Waals surface area contributed by atoms with Gasteiger partial charge in [0.1, 0.15) is 5.82 Å². The normalized spacial score (nSPS) is 11.5. The first-order chi connectivity index (χ1) is 11.4. The molecular weight excluding hydrogens is 324 g/mol. The van der Waals surface area contributed by atoms with E-state index in [1.165, 1.54) is 25.7 Å². The van der Waals surface area contributed by atoms with Crippen LogP contribution in [0, 0.1) is 5.82 Å². The summed E-state index contributed by atoms with van der Waals surface area (Å²) in [6.45, 7) is 2.24.